The van der Waals surface area contributed by atoms with Gasteiger partial charge in [0.25, 0.3) is 0 Å². The minimum absolute atomic E-state index is 0.232. The Morgan fingerprint density at radius 1 is 1.04 bits per heavy atom. The van der Waals surface area contributed by atoms with Gasteiger partial charge in [-0.15, -0.1) is 0 Å². The number of piperidine rings is 2. The van der Waals surface area contributed by atoms with Crippen LogP contribution in [0, 0.1) is 19.3 Å². The molecule has 2 fully saturated rings. The first-order valence-corrected chi connectivity index (χ1v) is 9.77. The van der Waals surface area contributed by atoms with E-state index in [2.05, 4.69) is 19.9 Å². The number of rotatable bonds is 3. The molecular formula is C21H27N5O. The van der Waals surface area contributed by atoms with Crippen molar-refractivity contribution in [3.63, 3.8) is 0 Å². The van der Waals surface area contributed by atoms with Gasteiger partial charge in [0.05, 0.1) is 0 Å². The van der Waals surface area contributed by atoms with E-state index < -0.39 is 0 Å². The molecule has 4 heterocycles. The number of aromatic nitrogens is 3. The molecule has 2 aromatic heterocycles. The first kappa shape index (κ1) is 17.9. The fourth-order valence-corrected chi connectivity index (χ4v) is 4.39. The Balaban J connectivity index is 1.43. The van der Waals surface area contributed by atoms with Crippen LogP contribution in [0.1, 0.15) is 42.6 Å². The van der Waals surface area contributed by atoms with Gasteiger partial charge in [-0.2, -0.15) is 0 Å². The van der Waals surface area contributed by atoms with Gasteiger partial charge in [0.15, 0.2) is 0 Å². The minimum Gasteiger partial charge on any atom is -0.341 e. The van der Waals surface area contributed by atoms with Crippen molar-refractivity contribution in [1.82, 2.24) is 19.9 Å². The van der Waals surface area contributed by atoms with E-state index in [4.69, 9.17) is 0 Å². The molecule has 27 heavy (non-hydrogen) atoms. The molecule has 0 aliphatic carbocycles. The van der Waals surface area contributed by atoms with Crippen molar-refractivity contribution in [1.29, 1.82) is 0 Å². The highest BCUT2D eigenvalue weighted by atomic mass is 16.2. The van der Waals surface area contributed by atoms with Crippen LogP contribution in [0.2, 0.25) is 0 Å². The van der Waals surface area contributed by atoms with Crippen LogP contribution in [0.3, 0.4) is 0 Å². The van der Waals surface area contributed by atoms with Gasteiger partial charge < -0.3 is 9.80 Å². The van der Waals surface area contributed by atoms with Crippen LogP contribution in [0.15, 0.2) is 30.6 Å². The third-order valence-electron chi connectivity index (χ3n) is 5.95. The Labute approximate surface area is 160 Å². The lowest BCUT2D eigenvalue weighted by Crippen LogP contribution is -2.51. The molecule has 0 radical (unpaired) electrons. The molecule has 2 saturated heterocycles. The zero-order valence-corrected chi connectivity index (χ0v) is 16.2. The van der Waals surface area contributed by atoms with E-state index in [1.165, 1.54) is 0 Å². The van der Waals surface area contributed by atoms with Gasteiger partial charge in [-0.05, 0) is 62.3 Å². The van der Waals surface area contributed by atoms with Crippen LogP contribution in [0.25, 0.3) is 0 Å². The zero-order valence-electron chi connectivity index (χ0n) is 16.2. The molecule has 2 aromatic rings. The molecule has 0 unspecified atom stereocenters. The number of carbonyl (C=O) groups excluding carboxylic acids is 1. The van der Waals surface area contributed by atoms with Gasteiger partial charge in [-0.1, -0.05) is 0 Å². The van der Waals surface area contributed by atoms with E-state index in [0.29, 0.717) is 13.0 Å². The number of pyridine rings is 1. The van der Waals surface area contributed by atoms with Crippen LogP contribution >= 0.6 is 0 Å². The van der Waals surface area contributed by atoms with E-state index in [1.807, 2.05) is 36.9 Å². The topological polar surface area (TPSA) is 62.2 Å². The average molecular weight is 365 g/mol. The lowest BCUT2D eigenvalue weighted by molar-refractivity contribution is -0.139. The van der Waals surface area contributed by atoms with Gasteiger partial charge in [0.2, 0.25) is 11.9 Å². The molecule has 6 heteroatoms. The number of hydrogen-bond acceptors (Lipinski definition) is 5. The Kier molecular flexibility index (Phi) is 4.81. The molecule has 6 nitrogen and oxygen atoms in total. The minimum atomic E-state index is 0.232. The summed E-state index contributed by atoms with van der Waals surface area (Å²) in [6.45, 7) is 7.50. The fraction of sp³-hybridized carbons (Fsp3) is 0.524. The third-order valence-corrected chi connectivity index (χ3v) is 5.95. The molecule has 2 aliphatic rings. The monoisotopic (exact) mass is 365 g/mol. The number of hydrogen-bond donors (Lipinski definition) is 0. The number of anilines is 1. The third kappa shape index (κ3) is 3.94. The quantitative estimate of drug-likeness (QED) is 0.837. The summed E-state index contributed by atoms with van der Waals surface area (Å²) in [6.07, 6.45) is 7.42. The van der Waals surface area contributed by atoms with Crippen LogP contribution in [0.4, 0.5) is 5.95 Å². The lowest BCUT2D eigenvalue weighted by atomic mass is 9.72. The predicted molar refractivity (Wildman–Crippen MR) is 104 cm³/mol. The highest BCUT2D eigenvalue weighted by Crippen LogP contribution is 2.41. The van der Waals surface area contributed by atoms with E-state index in [0.717, 1.165) is 61.8 Å². The number of carbonyl (C=O) groups is 1. The second-order valence-corrected chi connectivity index (χ2v) is 8.04. The van der Waals surface area contributed by atoms with Crippen molar-refractivity contribution in [3.05, 3.63) is 47.5 Å². The maximum Gasteiger partial charge on any atom is 0.225 e. The van der Waals surface area contributed by atoms with Gasteiger partial charge in [-0.25, -0.2) is 9.97 Å². The van der Waals surface area contributed by atoms with Crippen molar-refractivity contribution >= 4 is 11.9 Å². The summed E-state index contributed by atoms with van der Waals surface area (Å²) in [6, 6.07) is 6.00. The molecule has 0 saturated carbocycles. The van der Waals surface area contributed by atoms with E-state index in [9.17, 15) is 4.79 Å². The second-order valence-electron chi connectivity index (χ2n) is 8.04. The first-order valence-electron chi connectivity index (χ1n) is 9.77. The summed E-state index contributed by atoms with van der Waals surface area (Å²) in [7, 11) is 0. The Bertz CT molecular complexity index is 794. The van der Waals surface area contributed by atoms with Crippen molar-refractivity contribution < 1.29 is 4.79 Å². The number of aryl methyl sites for hydroxylation is 2. The average Bonchev–Trinajstić information content (AvgIpc) is 2.66. The number of nitrogens with zero attached hydrogens (tertiary/aromatic N) is 5. The molecule has 1 spiro atoms. The summed E-state index contributed by atoms with van der Waals surface area (Å²) in [5.74, 6) is 1.13. The van der Waals surface area contributed by atoms with Crippen LogP contribution in [0.5, 0.6) is 0 Å². The largest absolute Gasteiger partial charge is 0.341 e. The fourth-order valence-electron chi connectivity index (χ4n) is 4.39. The van der Waals surface area contributed by atoms with Crippen LogP contribution in [-0.4, -0.2) is 45.4 Å². The number of likely N-dealkylation sites (tertiary alicyclic amines) is 1. The molecule has 142 valence electrons. The second kappa shape index (κ2) is 7.25. The highest BCUT2D eigenvalue weighted by molar-refractivity contribution is 5.77. The number of amides is 1. The van der Waals surface area contributed by atoms with Gasteiger partial charge in [0.1, 0.15) is 0 Å². The highest BCUT2D eigenvalue weighted by Gasteiger charge is 2.41. The van der Waals surface area contributed by atoms with Crippen molar-refractivity contribution in [2.24, 2.45) is 5.41 Å². The molecule has 0 bridgehead atoms. The molecule has 0 atom stereocenters. The first-order chi connectivity index (χ1) is 13.0. The maximum atomic E-state index is 12.5. The lowest BCUT2D eigenvalue weighted by Gasteiger charge is -2.47. The van der Waals surface area contributed by atoms with Crippen molar-refractivity contribution in [2.75, 3.05) is 24.5 Å². The summed E-state index contributed by atoms with van der Waals surface area (Å²) < 4.78 is 0. The summed E-state index contributed by atoms with van der Waals surface area (Å²) >= 11 is 0. The molecule has 0 N–H and O–H groups in total. The summed E-state index contributed by atoms with van der Waals surface area (Å²) in [5.41, 5.74) is 3.42. The molecular weight excluding hydrogens is 338 g/mol. The predicted octanol–water partition coefficient (Wildman–Crippen LogP) is 2.90. The molecule has 2 aliphatic heterocycles. The van der Waals surface area contributed by atoms with Crippen LogP contribution < -0.4 is 4.90 Å². The summed E-state index contributed by atoms with van der Waals surface area (Å²) in [4.78, 5) is 30.1. The van der Waals surface area contributed by atoms with E-state index in [-0.39, 0.29) is 11.3 Å². The molecule has 4 rings (SSSR count). The van der Waals surface area contributed by atoms with Gasteiger partial charge >= 0.3 is 0 Å². The normalized spacial score (nSPS) is 19.6. The summed E-state index contributed by atoms with van der Waals surface area (Å²) in [5, 5.41) is 0. The molecule has 1 amide bonds. The Morgan fingerprint density at radius 3 is 2.37 bits per heavy atom. The van der Waals surface area contributed by atoms with Crippen molar-refractivity contribution in [2.45, 2.75) is 46.1 Å². The smallest absolute Gasteiger partial charge is 0.225 e. The Hall–Kier alpha value is -2.50. The van der Waals surface area contributed by atoms with Gasteiger partial charge in [0, 0.05) is 56.4 Å². The molecule has 0 aromatic carbocycles. The maximum absolute atomic E-state index is 12.5. The zero-order chi connectivity index (χ0) is 18.9. The SMILES string of the molecule is Cc1cc(C)nc(N2CCC3(CCC(=O)N(Cc4ccncc4)C3)CC2)n1. The van der Waals surface area contributed by atoms with E-state index in [1.54, 1.807) is 12.4 Å². The van der Waals surface area contributed by atoms with Crippen LogP contribution in [-0.2, 0) is 11.3 Å². The van der Waals surface area contributed by atoms with E-state index >= 15 is 0 Å². The Morgan fingerprint density at radius 2 is 1.70 bits per heavy atom. The van der Waals surface area contributed by atoms with Crippen molar-refractivity contribution in [3.8, 4) is 0 Å². The van der Waals surface area contributed by atoms with Gasteiger partial charge in [-0.3, -0.25) is 9.78 Å². The standard InChI is InChI=1S/C21H27N5O/c1-16-13-17(2)24-20(23-16)25-11-7-21(8-12-25)6-3-19(27)26(15-21)14-18-4-9-22-10-5-18/h4-5,9-10,13H,3,6-8,11-12,14-15H2,1-2H3.